The Bertz CT molecular complexity index is 596. The van der Waals surface area contributed by atoms with Gasteiger partial charge in [0, 0.05) is 29.9 Å². The fourth-order valence-corrected chi connectivity index (χ4v) is 2.14. The molecule has 0 aliphatic carbocycles. The summed E-state index contributed by atoms with van der Waals surface area (Å²) in [5.41, 5.74) is 2.09. The summed E-state index contributed by atoms with van der Waals surface area (Å²) >= 11 is 5.89. The van der Waals surface area contributed by atoms with E-state index in [-0.39, 0.29) is 0 Å². The average Bonchev–Trinajstić information content (AvgIpc) is 2.46. The molecule has 4 nitrogen and oxygen atoms in total. The summed E-state index contributed by atoms with van der Waals surface area (Å²) in [4.78, 5) is 8.93. The van der Waals surface area contributed by atoms with Gasteiger partial charge in [-0.3, -0.25) is 0 Å². The SMILES string of the molecule is Cc1cc(NCCC(C)C)nc(NCc2ccc(Cl)cc2)n1. The zero-order valence-electron chi connectivity index (χ0n) is 13.4. The van der Waals surface area contributed by atoms with Crippen molar-refractivity contribution in [2.24, 2.45) is 5.92 Å². The Hall–Kier alpha value is -1.81. The first-order valence-electron chi connectivity index (χ1n) is 7.61. The highest BCUT2D eigenvalue weighted by Crippen LogP contribution is 2.13. The minimum absolute atomic E-state index is 0.641. The maximum Gasteiger partial charge on any atom is 0.225 e. The van der Waals surface area contributed by atoms with E-state index in [9.17, 15) is 0 Å². The maximum atomic E-state index is 5.89. The van der Waals surface area contributed by atoms with Gasteiger partial charge in [-0.1, -0.05) is 37.6 Å². The van der Waals surface area contributed by atoms with E-state index in [0.29, 0.717) is 18.4 Å². The molecule has 0 radical (unpaired) electrons. The van der Waals surface area contributed by atoms with Crippen LogP contribution in [0.25, 0.3) is 0 Å². The average molecular weight is 319 g/mol. The number of benzene rings is 1. The van der Waals surface area contributed by atoms with Crippen LogP contribution in [-0.4, -0.2) is 16.5 Å². The number of rotatable bonds is 7. The second-order valence-corrected chi connectivity index (χ2v) is 6.24. The molecular formula is C17H23ClN4. The molecule has 118 valence electrons. The quantitative estimate of drug-likeness (QED) is 0.788. The van der Waals surface area contributed by atoms with E-state index in [4.69, 9.17) is 11.6 Å². The summed E-state index contributed by atoms with van der Waals surface area (Å²) in [6.07, 6.45) is 1.12. The molecule has 0 aliphatic rings. The summed E-state index contributed by atoms with van der Waals surface area (Å²) in [5, 5.41) is 7.35. The lowest BCUT2D eigenvalue weighted by Crippen LogP contribution is -2.10. The standard InChI is InChI=1S/C17H23ClN4/c1-12(2)8-9-19-16-10-13(3)21-17(22-16)20-11-14-4-6-15(18)7-5-14/h4-7,10,12H,8-9,11H2,1-3H3,(H2,19,20,21,22). The highest BCUT2D eigenvalue weighted by molar-refractivity contribution is 6.30. The van der Waals surface area contributed by atoms with Crippen molar-refractivity contribution in [2.75, 3.05) is 17.2 Å². The van der Waals surface area contributed by atoms with E-state index < -0.39 is 0 Å². The van der Waals surface area contributed by atoms with Crippen LogP contribution in [0.1, 0.15) is 31.5 Å². The first kappa shape index (κ1) is 16.6. The molecule has 0 atom stereocenters. The van der Waals surface area contributed by atoms with Crippen LogP contribution in [0.3, 0.4) is 0 Å². The number of halogens is 1. The van der Waals surface area contributed by atoms with Crippen molar-refractivity contribution in [1.82, 2.24) is 9.97 Å². The van der Waals surface area contributed by atoms with Gasteiger partial charge in [0.1, 0.15) is 5.82 Å². The minimum Gasteiger partial charge on any atom is -0.370 e. The van der Waals surface area contributed by atoms with Crippen molar-refractivity contribution in [3.8, 4) is 0 Å². The molecule has 22 heavy (non-hydrogen) atoms. The van der Waals surface area contributed by atoms with Crippen LogP contribution in [0.4, 0.5) is 11.8 Å². The summed E-state index contributed by atoms with van der Waals surface area (Å²) < 4.78 is 0. The molecule has 0 spiro atoms. The minimum atomic E-state index is 0.641. The third kappa shape index (κ3) is 5.53. The lowest BCUT2D eigenvalue weighted by atomic mass is 10.1. The van der Waals surface area contributed by atoms with E-state index in [1.807, 2.05) is 37.3 Å². The summed E-state index contributed by atoms with van der Waals surface area (Å²) in [5.74, 6) is 2.19. The molecule has 2 rings (SSSR count). The van der Waals surface area contributed by atoms with Crippen LogP contribution in [0.5, 0.6) is 0 Å². The van der Waals surface area contributed by atoms with E-state index in [1.165, 1.54) is 0 Å². The lowest BCUT2D eigenvalue weighted by Gasteiger charge is -2.11. The molecule has 5 heteroatoms. The third-order valence-corrected chi connectivity index (χ3v) is 3.50. The van der Waals surface area contributed by atoms with E-state index in [2.05, 4.69) is 34.4 Å². The first-order chi connectivity index (χ1) is 10.5. The second-order valence-electron chi connectivity index (χ2n) is 5.81. The monoisotopic (exact) mass is 318 g/mol. The molecular weight excluding hydrogens is 296 g/mol. The van der Waals surface area contributed by atoms with Gasteiger partial charge in [0.05, 0.1) is 0 Å². The topological polar surface area (TPSA) is 49.8 Å². The van der Waals surface area contributed by atoms with E-state index >= 15 is 0 Å². The molecule has 1 aromatic carbocycles. The predicted molar refractivity (Wildman–Crippen MR) is 93.5 cm³/mol. The molecule has 0 bridgehead atoms. The van der Waals surface area contributed by atoms with Crippen LogP contribution in [0.15, 0.2) is 30.3 Å². The van der Waals surface area contributed by atoms with Crippen molar-refractivity contribution in [3.05, 3.63) is 46.6 Å². The van der Waals surface area contributed by atoms with Crippen molar-refractivity contribution in [3.63, 3.8) is 0 Å². The molecule has 2 aromatic rings. The van der Waals surface area contributed by atoms with Gasteiger partial charge in [-0.2, -0.15) is 4.98 Å². The number of nitrogens with zero attached hydrogens (tertiary/aromatic N) is 2. The Morgan fingerprint density at radius 3 is 2.50 bits per heavy atom. The van der Waals surface area contributed by atoms with Gasteiger partial charge in [-0.15, -0.1) is 0 Å². The zero-order chi connectivity index (χ0) is 15.9. The largest absolute Gasteiger partial charge is 0.370 e. The van der Waals surface area contributed by atoms with Crippen LogP contribution >= 0.6 is 11.6 Å². The Balaban J connectivity index is 1.95. The van der Waals surface area contributed by atoms with Gasteiger partial charge >= 0.3 is 0 Å². The number of hydrogen-bond acceptors (Lipinski definition) is 4. The second kappa shape index (κ2) is 7.99. The van der Waals surface area contributed by atoms with Crippen molar-refractivity contribution in [2.45, 2.75) is 33.7 Å². The normalized spacial score (nSPS) is 10.8. The van der Waals surface area contributed by atoms with Crippen LogP contribution in [0.2, 0.25) is 5.02 Å². The summed E-state index contributed by atoms with van der Waals surface area (Å²) in [6.45, 7) is 8.00. The Labute approximate surface area is 137 Å². The highest BCUT2D eigenvalue weighted by atomic mass is 35.5. The van der Waals surface area contributed by atoms with Gasteiger partial charge in [0.15, 0.2) is 0 Å². The van der Waals surface area contributed by atoms with Crippen LogP contribution < -0.4 is 10.6 Å². The van der Waals surface area contributed by atoms with Crippen molar-refractivity contribution in [1.29, 1.82) is 0 Å². The van der Waals surface area contributed by atoms with Gasteiger partial charge in [0.2, 0.25) is 5.95 Å². The number of anilines is 2. The third-order valence-electron chi connectivity index (χ3n) is 3.25. The smallest absolute Gasteiger partial charge is 0.225 e. The molecule has 0 saturated heterocycles. The van der Waals surface area contributed by atoms with Gasteiger partial charge in [0.25, 0.3) is 0 Å². The summed E-state index contributed by atoms with van der Waals surface area (Å²) in [7, 11) is 0. The highest BCUT2D eigenvalue weighted by Gasteiger charge is 2.03. The Kier molecular flexibility index (Phi) is 6.01. The molecule has 0 aliphatic heterocycles. The maximum absolute atomic E-state index is 5.89. The number of aryl methyl sites for hydroxylation is 1. The lowest BCUT2D eigenvalue weighted by molar-refractivity contribution is 0.606. The Morgan fingerprint density at radius 2 is 1.82 bits per heavy atom. The molecule has 0 unspecified atom stereocenters. The number of aromatic nitrogens is 2. The van der Waals surface area contributed by atoms with E-state index in [1.54, 1.807) is 0 Å². The zero-order valence-corrected chi connectivity index (χ0v) is 14.1. The number of nitrogens with one attached hydrogen (secondary N) is 2. The van der Waals surface area contributed by atoms with Crippen molar-refractivity contribution < 1.29 is 0 Å². The molecule has 1 heterocycles. The van der Waals surface area contributed by atoms with Gasteiger partial charge < -0.3 is 10.6 Å². The Morgan fingerprint density at radius 1 is 1.09 bits per heavy atom. The fourth-order valence-electron chi connectivity index (χ4n) is 2.01. The van der Waals surface area contributed by atoms with Gasteiger partial charge in [-0.05, 0) is 37.0 Å². The van der Waals surface area contributed by atoms with E-state index in [0.717, 1.165) is 35.1 Å². The number of hydrogen-bond donors (Lipinski definition) is 2. The summed E-state index contributed by atoms with van der Waals surface area (Å²) in [6, 6.07) is 9.72. The van der Waals surface area contributed by atoms with Gasteiger partial charge in [-0.25, -0.2) is 4.98 Å². The molecule has 0 saturated carbocycles. The predicted octanol–water partition coefficient (Wildman–Crippen LogP) is 4.51. The molecule has 0 amide bonds. The van der Waals surface area contributed by atoms with Crippen molar-refractivity contribution >= 4 is 23.4 Å². The van der Waals surface area contributed by atoms with Crippen LogP contribution in [-0.2, 0) is 6.54 Å². The fraction of sp³-hybridized carbons (Fsp3) is 0.412. The first-order valence-corrected chi connectivity index (χ1v) is 7.98. The molecule has 0 fully saturated rings. The van der Waals surface area contributed by atoms with Crippen LogP contribution in [0, 0.1) is 12.8 Å². The molecule has 2 N–H and O–H groups in total. The molecule has 1 aromatic heterocycles.